The third-order valence-electron chi connectivity index (χ3n) is 3.83. The minimum absolute atomic E-state index is 0.437. The van der Waals surface area contributed by atoms with Crippen LogP contribution in [0.2, 0.25) is 0 Å². The van der Waals surface area contributed by atoms with Gasteiger partial charge in [0.2, 0.25) is 0 Å². The van der Waals surface area contributed by atoms with Crippen LogP contribution in [0.3, 0.4) is 0 Å². The zero-order chi connectivity index (χ0) is 9.31. The van der Waals surface area contributed by atoms with Gasteiger partial charge in [-0.15, -0.1) is 0 Å². The summed E-state index contributed by atoms with van der Waals surface area (Å²) in [5, 5.41) is 3.72. The van der Waals surface area contributed by atoms with Gasteiger partial charge in [0, 0.05) is 18.8 Å². The molecule has 2 aliphatic rings. The Kier molecular flexibility index (Phi) is 2.61. The molecule has 1 spiro atoms. The van der Waals surface area contributed by atoms with Crippen LogP contribution >= 0.6 is 0 Å². The van der Waals surface area contributed by atoms with E-state index in [1.54, 1.807) is 0 Å². The van der Waals surface area contributed by atoms with Crippen LogP contribution in [-0.4, -0.2) is 25.3 Å². The number of hydrogen-bond donors (Lipinski definition) is 1. The summed E-state index contributed by atoms with van der Waals surface area (Å²) < 4.78 is 5.44. The normalized spacial score (nSPS) is 33.0. The van der Waals surface area contributed by atoms with Crippen LogP contribution in [0.1, 0.15) is 33.1 Å². The number of hydrogen-bond acceptors (Lipinski definition) is 2. The van der Waals surface area contributed by atoms with Crippen molar-refractivity contribution in [2.75, 3.05) is 19.8 Å². The van der Waals surface area contributed by atoms with E-state index in [-0.39, 0.29) is 0 Å². The van der Waals surface area contributed by atoms with Gasteiger partial charge in [-0.2, -0.15) is 0 Å². The van der Waals surface area contributed by atoms with E-state index in [0.29, 0.717) is 5.54 Å². The van der Waals surface area contributed by atoms with E-state index in [2.05, 4.69) is 19.2 Å². The minimum Gasteiger partial charge on any atom is -0.381 e. The maximum Gasteiger partial charge on any atom is 0.0483 e. The highest BCUT2D eigenvalue weighted by molar-refractivity contribution is 5.01. The number of ether oxygens (including phenoxy) is 1. The largest absolute Gasteiger partial charge is 0.381 e. The van der Waals surface area contributed by atoms with Gasteiger partial charge in [-0.05, 0) is 37.6 Å². The van der Waals surface area contributed by atoms with E-state index >= 15 is 0 Å². The molecule has 2 aliphatic heterocycles. The van der Waals surface area contributed by atoms with E-state index in [4.69, 9.17) is 4.74 Å². The molecule has 0 amide bonds. The molecular weight excluding hydrogens is 162 g/mol. The molecule has 0 saturated carbocycles. The van der Waals surface area contributed by atoms with Gasteiger partial charge >= 0.3 is 0 Å². The van der Waals surface area contributed by atoms with Crippen LogP contribution in [0.25, 0.3) is 0 Å². The van der Waals surface area contributed by atoms with E-state index in [1.807, 2.05) is 0 Å². The van der Waals surface area contributed by atoms with E-state index < -0.39 is 0 Å². The molecule has 2 rings (SSSR count). The topological polar surface area (TPSA) is 21.3 Å². The molecule has 2 heteroatoms. The van der Waals surface area contributed by atoms with Gasteiger partial charge in [0.1, 0.15) is 0 Å². The predicted molar refractivity (Wildman–Crippen MR) is 53.7 cm³/mol. The molecule has 2 saturated heterocycles. The first kappa shape index (κ1) is 9.47. The zero-order valence-electron chi connectivity index (χ0n) is 8.81. The molecule has 13 heavy (non-hydrogen) atoms. The van der Waals surface area contributed by atoms with E-state index in [0.717, 1.165) is 25.0 Å². The maximum absolute atomic E-state index is 5.44. The predicted octanol–water partition coefficient (Wildman–Crippen LogP) is 1.80. The summed E-state index contributed by atoms with van der Waals surface area (Å²) in [6.07, 6.45) is 3.80. The van der Waals surface area contributed by atoms with Crippen molar-refractivity contribution in [2.45, 2.75) is 38.6 Å². The Labute approximate surface area is 81.0 Å². The van der Waals surface area contributed by atoms with Crippen LogP contribution in [-0.2, 0) is 4.74 Å². The Hall–Kier alpha value is -0.0800. The van der Waals surface area contributed by atoms with Gasteiger partial charge in [0.25, 0.3) is 0 Å². The molecule has 0 radical (unpaired) electrons. The SMILES string of the molecule is CC(C)C1CCNC12CCOCC2. The number of rotatable bonds is 1. The fourth-order valence-corrected chi connectivity index (χ4v) is 3.14. The fourth-order valence-electron chi connectivity index (χ4n) is 3.14. The van der Waals surface area contributed by atoms with Crippen molar-refractivity contribution < 1.29 is 4.74 Å². The monoisotopic (exact) mass is 183 g/mol. The van der Waals surface area contributed by atoms with Crippen molar-refractivity contribution in [3.8, 4) is 0 Å². The Morgan fingerprint density at radius 2 is 2.00 bits per heavy atom. The van der Waals surface area contributed by atoms with Crippen LogP contribution in [0.4, 0.5) is 0 Å². The van der Waals surface area contributed by atoms with Gasteiger partial charge < -0.3 is 10.1 Å². The van der Waals surface area contributed by atoms with E-state index in [1.165, 1.54) is 25.8 Å². The molecule has 2 nitrogen and oxygen atoms in total. The Bertz CT molecular complexity index is 173. The first-order valence-electron chi connectivity index (χ1n) is 5.57. The lowest BCUT2D eigenvalue weighted by atomic mass is 9.74. The third-order valence-corrected chi connectivity index (χ3v) is 3.83. The molecule has 0 aliphatic carbocycles. The maximum atomic E-state index is 5.44. The van der Waals surface area contributed by atoms with Crippen molar-refractivity contribution in [2.24, 2.45) is 11.8 Å². The molecule has 0 aromatic rings. The molecule has 1 N–H and O–H groups in total. The molecule has 1 atom stereocenters. The lowest BCUT2D eigenvalue weighted by Crippen LogP contribution is -2.50. The molecule has 76 valence electrons. The standard InChI is InChI=1S/C11H21NO/c1-9(2)10-3-6-12-11(10)4-7-13-8-5-11/h9-10,12H,3-8H2,1-2H3. The lowest BCUT2D eigenvalue weighted by molar-refractivity contribution is 0.0194. The van der Waals surface area contributed by atoms with E-state index in [9.17, 15) is 0 Å². The average molecular weight is 183 g/mol. The molecule has 1 unspecified atom stereocenters. The van der Waals surface area contributed by atoms with Crippen LogP contribution < -0.4 is 5.32 Å². The van der Waals surface area contributed by atoms with Gasteiger partial charge in [-0.3, -0.25) is 0 Å². The molecule has 0 bridgehead atoms. The van der Waals surface area contributed by atoms with Gasteiger partial charge in [-0.1, -0.05) is 13.8 Å². The molecule has 2 fully saturated rings. The summed E-state index contributed by atoms with van der Waals surface area (Å²) in [5.41, 5.74) is 0.437. The highest BCUT2D eigenvalue weighted by Gasteiger charge is 2.44. The summed E-state index contributed by atoms with van der Waals surface area (Å²) in [5.74, 6) is 1.68. The van der Waals surface area contributed by atoms with Crippen molar-refractivity contribution in [3.63, 3.8) is 0 Å². The van der Waals surface area contributed by atoms with Crippen molar-refractivity contribution in [1.82, 2.24) is 5.32 Å². The smallest absolute Gasteiger partial charge is 0.0483 e. The van der Waals surface area contributed by atoms with Crippen molar-refractivity contribution in [1.29, 1.82) is 0 Å². The second-order valence-electron chi connectivity index (χ2n) is 4.83. The average Bonchev–Trinajstić information content (AvgIpc) is 2.50. The highest BCUT2D eigenvalue weighted by Crippen LogP contribution is 2.39. The fraction of sp³-hybridized carbons (Fsp3) is 1.00. The Morgan fingerprint density at radius 1 is 1.31 bits per heavy atom. The highest BCUT2D eigenvalue weighted by atomic mass is 16.5. The Morgan fingerprint density at radius 3 is 2.62 bits per heavy atom. The summed E-state index contributed by atoms with van der Waals surface area (Å²) in [4.78, 5) is 0. The van der Waals surface area contributed by atoms with Crippen LogP contribution in [0.5, 0.6) is 0 Å². The lowest BCUT2D eigenvalue weighted by Gasteiger charge is -2.40. The second kappa shape index (κ2) is 3.58. The first-order chi connectivity index (χ1) is 6.25. The minimum atomic E-state index is 0.437. The van der Waals surface area contributed by atoms with Crippen LogP contribution in [0.15, 0.2) is 0 Å². The summed E-state index contributed by atoms with van der Waals surface area (Å²) in [7, 11) is 0. The molecule has 0 aromatic heterocycles. The Balaban J connectivity index is 2.09. The van der Waals surface area contributed by atoms with Crippen molar-refractivity contribution >= 4 is 0 Å². The van der Waals surface area contributed by atoms with Gasteiger partial charge in [0.05, 0.1) is 0 Å². The molecule has 2 heterocycles. The summed E-state index contributed by atoms with van der Waals surface area (Å²) in [6, 6.07) is 0. The second-order valence-corrected chi connectivity index (χ2v) is 4.83. The van der Waals surface area contributed by atoms with Gasteiger partial charge in [-0.25, -0.2) is 0 Å². The quantitative estimate of drug-likeness (QED) is 0.669. The van der Waals surface area contributed by atoms with Crippen LogP contribution in [0, 0.1) is 11.8 Å². The number of nitrogens with one attached hydrogen (secondary N) is 1. The van der Waals surface area contributed by atoms with Crippen molar-refractivity contribution in [3.05, 3.63) is 0 Å². The zero-order valence-corrected chi connectivity index (χ0v) is 8.81. The summed E-state index contributed by atoms with van der Waals surface area (Å²) >= 11 is 0. The first-order valence-corrected chi connectivity index (χ1v) is 5.57. The molecular formula is C11H21NO. The summed E-state index contributed by atoms with van der Waals surface area (Å²) in [6.45, 7) is 7.83. The third kappa shape index (κ3) is 1.62. The van der Waals surface area contributed by atoms with Gasteiger partial charge in [0.15, 0.2) is 0 Å². The molecule has 0 aromatic carbocycles.